The SMILES string of the molecule is CC(=O)OC[C@H]1O[C@@H](n2cnc(C(=O)CCl)c2N2C(=O)c3ccccc3C2=O)[C@@H](Cl)[C@@H]1OC(C)=O. The predicted molar refractivity (Wildman–Crippen MR) is 121 cm³/mol. The molecule has 35 heavy (non-hydrogen) atoms. The molecule has 0 unspecified atom stereocenters. The first-order valence-electron chi connectivity index (χ1n) is 10.4. The molecule has 3 heterocycles. The molecule has 184 valence electrons. The number of amides is 2. The van der Waals surface area contributed by atoms with Gasteiger partial charge in [0, 0.05) is 13.8 Å². The van der Waals surface area contributed by atoms with Crippen LogP contribution >= 0.6 is 23.2 Å². The summed E-state index contributed by atoms with van der Waals surface area (Å²) in [4.78, 5) is 66.8. The van der Waals surface area contributed by atoms with Crippen molar-refractivity contribution in [3.63, 3.8) is 0 Å². The lowest BCUT2D eigenvalue weighted by Crippen LogP contribution is -2.36. The highest BCUT2D eigenvalue weighted by atomic mass is 35.5. The molecule has 1 saturated heterocycles. The quantitative estimate of drug-likeness (QED) is 0.231. The Balaban J connectivity index is 1.78. The summed E-state index contributed by atoms with van der Waals surface area (Å²) >= 11 is 12.4. The van der Waals surface area contributed by atoms with E-state index in [9.17, 15) is 24.0 Å². The summed E-state index contributed by atoms with van der Waals surface area (Å²) in [5.74, 6) is -3.88. The van der Waals surface area contributed by atoms with Gasteiger partial charge in [-0.2, -0.15) is 0 Å². The van der Waals surface area contributed by atoms with Crippen LogP contribution in [0.25, 0.3) is 0 Å². The molecule has 2 amide bonds. The lowest BCUT2D eigenvalue weighted by molar-refractivity contribution is -0.155. The second-order valence-electron chi connectivity index (χ2n) is 7.76. The van der Waals surface area contributed by atoms with E-state index in [1.54, 1.807) is 12.1 Å². The van der Waals surface area contributed by atoms with Gasteiger partial charge in [-0.25, -0.2) is 9.88 Å². The van der Waals surface area contributed by atoms with Crippen LogP contribution in [0.3, 0.4) is 0 Å². The Morgan fingerprint density at radius 3 is 2.26 bits per heavy atom. The molecule has 2 aromatic rings. The van der Waals surface area contributed by atoms with Gasteiger partial charge in [0.1, 0.15) is 18.1 Å². The fraction of sp³-hybridized carbons (Fsp3) is 0.364. The Bertz CT molecular complexity index is 1190. The maximum Gasteiger partial charge on any atom is 0.303 e. The van der Waals surface area contributed by atoms with Gasteiger partial charge in [0.05, 0.1) is 23.3 Å². The Kier molecular flexibility index (Phi) is 6.93. The highest BCUT2D eigenvalue weighted by molar-refractivity contribution is 6.36. The molecule has 0 saturated carbocycles. The third kappa shape index (κ3) is 4.42. The predicted octanol–water partition coefficient (Wildman–Crippen LogP) is 2.10. The second kappa shape index (κ2) is 9.76. The molecule has 0 aliphatic carbocycles. The van der Waals surface area contributed by atoms with Gasteiger partial charge in [-0.05, 0) is 12.1 Å². The van der Waals surface area contributed by atoms with E-state index in [-0.39, 0.29) is 29.2 Å². The first kappa shape index (κ1) is 24.8. The van der Waals surface area contributed by atoms with Crippen molar-refractivity contribution < 1.29 is 38.2 Å². The number of esters is 2. The number of Topliss-reactive ketones (excluding diaryl/α,β-unsaturated/α-hetero) is 1. The van der Waals surface area contributed by atoms with Gasteiger partial charge in [-0.15, -0.1) is 23.2 Å². The number of ketones is 1. The number of imidazole rings is 1. The molecule has 0 spiro atoms. The lowest BCUT2D eigenvalue weighted by atomic mass is 10.1. The monoisotopic (exact) mass is 523 g/mol. The minimum atomic E-state index is -1.16. The highest BCUT2D eigenvalue weighted by Gasteiger charge is 2.50. The molecular weight excluding hydrogens is 505 g/mol. The van der Waals surface area contributed by atoms with E-state index < -0.39 is 59.2 Å². The normalized spacial score (nSPS) is 23.4. The first-order valence-corrected chi connectivity index (χ1v) is 11.4. The number of anilines is 1. The number of alkyl halides is 2. The standard InChI is InChI=1S/C22H19Cl2N3O8/c1-10(28)33-8-15-18(34-11(2)29)16(24)22(35-15)26-9-25-17(14(30)7-23)19(26)27-20(31)12-5-3-4-6-13(12)21(27)32/h3-6,9,15-16,18,22H,7-8H2,1-2H3/t15-,16+,18-,22-/m1/s1. The molecule has 0 N–H and O–H groups in total. The van der Waals surface area contributed by atoms with Crippen molar-refractivity contribution in [1.82, 2.24) is 9.55 Å². The van der Waals surface area contributed by atoms with Crippen molar-refractivity contribution in [1.29, 1.82) is 0 Å². The van der Waals surface area contributed by atoms with Gasteiger partial charge in [0.15, 0.2) is 29.6 Å². The summed E-state index contributed by atoms with van der Waals surface area (Å²) < 4.78 is 17.5. The van der Waals surface area contributed by atoms with Crippen LogP contribution in [0.5, 0.6) is 0 Å². The summed E-state index contributed by atoms with van der Waals surface area (Å²) in [6, 6.07) is 6.19. The number of ether oxygens (including phenoxy) is 3. The Morgan fingerprint density at radius 1 is 1.09 bits per heavy atom. The van der Waals surface area contributed by atoms with Crippen molar-refractivity contribution in [3.8, 4) is 0 Å². The van der Waals surface area contributed by atoms with Crippen LogP contribution in [0, 0.1) is 0 Å². The van der Waals surface area contributed by atoms with E-state index >= 15 is 0 Å². The number of hydrogen-bond acceptors (Lipinski definition) is 9. The molecule has 0 bridgehead atoms. The molecule has 11 nitrogen and oxygen atoms in total. The zero-order valence-electron chi connectivity index (χ0n) is 18.5. The molecule has 13 heteroatoms. The van der Waals surface area contributed by atoms with Crippen molar-refractivity contribution in [2.24, 2.45) is 0 Å². The summed E-state index contributed by atoms with van der Waals surface area (Å²) in [5.41, 5.74) is 0.0547. The Hall–Kier alpha value is -3.28. The van der Waals surface area contributed by atoms with E-state index in [1.807, 2.05) is 0 Å². The zero-order chi connectivity index (χ0) is 25.4. The molecule has 4 rings (SSSR count). The first-order chi connectivity index (χ1) is 16.6. The van der Waals surface area contributed by atoms with Gasteiger partial charge < -0.3 is 14.2 Å². The number of imide groups is 1. The Labute approximate surface area is 208 Å². The van der Waals surface area contributed by atoms with Gasteiger partial charge >= 0.3 is 11.9 Å². The number of carbonyl (C=O) groups is 5. The van der Waals surface area contributed by atoms with Crippen molar-refractivity contribution in [3.05, 3.63) is 47.4 Å². The van der Waals surface area contributed by atoms with Crippen LogP contribution in [0.15, 0.2) is 30.6 Å². The number of rotatable bonds is 7. The van der Waals surface area contributed by atoms with Gasteiger partial charge in [0.2, 0.25) is 0 Å². The molecule has 2 aliphatic heterocycles. The number of aromatic nitrogens is 2. The maximum absolute atomic E-state index is 13.2. The molecule has 2 aliphatic rings. The topological polar surface area (TPSA) is 134 Å². The minimum absolute atomic E-state index is 0.148. The fourth-order valence-electron chi connectivity index (χ4n) is 3.99. The van der Waals surface area contributed by atoms with Gasteiger partial charge in [-0.3, -0.25) is 28.5 Å². The smallest absolute Gasteiger partial charge is 0.303 e. The lowest BCUT2D eigenvalue weighted by Gasteiger charge is -2.23. The number of halogens is 2. The largest absolute Gasteiger partial charge is 0.463 e. The number of carbonyl (C=O) groups excluding carboxylic acids is 5. The molecule has 4 atom stereocenters. The van der Waals surface area contributed by atoms with E-state index in [0.29, 0.717) is 0 Å². The molecule has 0 radical (unpaired) electrons. The number of fused-ring (bicyclic) bond motifs is 1. The van der Waals surface area contributed by atoms with E-state index in [2.05, 4.69) is 4.98 Å². The Morgan fingerprint density at radius 2 is 1.71 bits per heavy atom. The summed E-state index contributed by atoms with van der Waals surface area (Å²) in [5, 5.41) is -1.07. The minimum Gasteiger partial charge on any atom is -0.463 e. The van der Waals surface area contributed by atoms with Crippen molar-refractivity contribution >= 4 is 58.6 Å². The van der Waals surface area contributed by atoms with Crippen LogP contribution in [-0.4, -0.2) is 69.2 Å². The maximum atomic E-state index is 13.2. The van der Waals surface area contributed by atoms with Crippen LogP contribution in [-0.2, 0) is 23.8 Å². The summed E-state index contributed by atoms with van der Waals surface area (Å²) in [6.07, 6.45) is -2.01. The molecular formula is C22H19Cl2N3O8. The third-order valence-electron chi connectivity index (χ3n) is 5.45. The fourth-order valence-corrected chi connectivity index (χ4v) is 4.51. The molecule has 1 aromatic heterocycles. The average molecular weight is 524 g/mol. The van der Waals surface area contributed by atoms with Gasteiger partial charge in [-0.1, -0.05) is 12.1 Å². The van der Waals surface area contributed by atoms with Crippen LogP contribution in [0.4, 0.5) is 5.82 Å². The van der Waals surface area contributed by atoms with Crippen LogP contribution < -0.4 is 4.90 Å². The second-order valence-corrected chi connectivity index (χ2v) is 8.53. The number of nitrogens with zero attached hydrogens (tertiary/aromatic N) is 3. The summed E-state index contributed by atoms with van der Waals surface area (Å²) in [7, 11) is 0. The molecule has 1 fully saturated rings. The van der Waals surface area contributed by atoms with Gasteiger partial charge in [0.25, 0.3) is 11.8 Å². The number of benzene rings is 1. The van der Waals surface area contributed by atoms with E-state index in [1.165, 1.54) is 36.9 Å². The van der Waals surface area contributed by atoms with Crippen LogP contribution in [0.1, 0.15) is 51.3 Å². The van der Waals surface area contributed by atoms with Crippen molar-refractivity contribution in [2.45, 2.75) is 37.7 Å². The van der Waals surface area contributed by atoms with E-state index in [4.69, 9.17) is 37.4 Å². The highest BCUT2D eigenvalue weighted by Crippen LogP contribution is 2.40. The number of hydrogen-bond donors (Lipinski definition) is 0. The third-order valence-corrected chi connectivity index (χ3v) is 6.16. The summed E-state index contributed by atoms with van der Waals surface area (Å²) in [6.45, 7) is 2.10. The van der Waals surface area contributed by atoms with E-state index in [0.717, 1.165) is 4.90 Å². The zero-order valence-corrected chi connectivity index (χ0v) is 20.0. The molecule has 1 aromatic carbocycles. The van der Waals surface area contributed by atoms with Crippen LogP contribution in [0.2, 0.25) is 0 Å². The average Bonchev–Trinajstić information content (AvgIpc) is 3.45. The van der Waals surface area contributed by atoms with Crippen molar-refractivity contribution in [2.75, 3.05) is 17.4 Å².